The third kappa shape index (κ3) is 1.44. The summed E-state index contributed by atoms with van der Waals surface area (Å²) < 4.78 is 0. The van der Waals surface area contributed by atoms with Crippen molar-refractivity contribution >= 4 is 17.1 Å². The smallest absolute Gasteiger partial charge is 0.133 e. The monoisotopic (exact) mass is 180 g/mol. The molecule has 2 rings (SSSR count). The van der Waals surface area contributed by atoms with Crippen molar-refractivity contribution in [3.63, 3.8) is 0 Å². The molecule has 64 valence electrons. The molecule has 0 aromatic carbocycles. The van der Waals surface area contributed by atoms with Crippen LogP contribution in [0, 0.1) is 6.92 Å². The van der Waals surface area contributed by atoms with E-state index in [0.29, 0.717) is 11.7 Å². The molecule has 1 aliphatic carbocycles. The topological polar surface area (TPSA) is 17.1 Å². The van der Waals surface area contributed by atoms with E-state index in [1.54, 1.807) is 0 Å². The molecule has 0 aliphatic heterocycles. The summed E-state index contributed by atoms with van der Waals surface area (Å²) in [4.78, 5) is 13.8. The summed E-state index contributed by atoms with van der Waals surface area (Å²) in [6.45, 7) is 2.12. The SMILES string of the molecule is Cc1ccc(C2CCC(=O)C2)s1. The molecular weight excluding hydrogens is 168 g/mol. The van der Waals surface area contributed by atoms with Crippen LogP contribution < -0.4 is 0 Å². The van der Waals surface area contributed by atoms with E-state index in [9.17, 15) is 4.79 Å². The minimum atomic E-state index is 0.436. The average Bonchev–Trinajstić information content (AvgIpc) is 2.58. The van der Waals surface area contributed by atoms with Crippen molar-refractivity contribution in [2.24, 2.45) is 0 Å². The van der Waals surface area contributed by atoms with Gasteiger partial charge in [0, 0.05) is 28.5 Å². The van der Waals surface area contributed by atoms with Crippen LogP contribution in [0.3, 0.4) is 0 Å². The molecule has 1 atom stereocenters. The van der Waals surface area contributed by atoms with E-state index in [4.69, 9.17) is 0 Å². The lowest BCUT2D eigenvalue weighted by Crippen LogP contribution is -1.90. The van der Waals surface area contributed by atoms with E-state index in [-0.39, 0.29) is 0 Å². The lowest BCUT2D eigenvalue weighted by Gasteiger charge is -2.02. The predicted octanol–water partition coefficient (Wildman–Crippen LogP) is 2.89. The van der Waals surface area contributed by atoms with E-state index in [1.165, 1.54) is 9.75 Å². The molecule has 1 heterocycles. The van der Waals surface area contributed by atoms with Gasteiger partial charge in [-0.1, -0.05) is 0 Å². The summed E-state index contributed by atoms with van der Waals surface area (Å²) in [6.07, 6.45) is 2.64. The molecule has 0 spiro atoms. The molecule has 0 amide bonds. The van der Waals surface area contributed by atoms with Gasteiger partial charge in [-0.25, -0.2) is 0 Å². The Kier molecular flexibility index (Phi) is 2.01. The maximum Gasteiger partial charge on any atom is 0.133 e. The molecule has 1 aromatic heterocycles. The number of hydrogen-bond donors (Lipinski definition) is 0. The lowest BCUT2D eigenvalue weighted by atomic mass is 10.1. The van der Waals surface area contributed by atoms with Gasteiger partial charge in [0.25, 0.3) is 0 Å². The van der Waals surface area contributed by atoms with Gasteiger partial charge in [0.2, 0.25) is 0 Å². The molecule has 1 aliphatic rings. The first-order chi connectivity index (χ1) is 5.75. The van der Waals surface area contributed by atoms with Gasteiger partial charge in [0.05, 0.1) is 0 Å². The molecule has 12 heavy (non-hydrogen) atoms. The standard InChI is InChI=1S/C10H12OS/c1-7-2-5-10(12-7)8-3-4-9(11)6-8/h2,5,8H,3-4,6H2,1H3. The molecule has 1 nitrogen and oxygen atoms in total. The van der Waals surface area contributed by atoms with Crippen molar-refractivity contribution in [3.8, 4) is 0 Å². The van der Waals surface area contributed by atoms with E-state index < -0.39 is 0 Å². The molecule has 0 saturated heterocycles. The Labute approximate surface area is 76.4 Å². The van der Waals surface area contributed by atoms with Crippen molar-refractivity contribution in [1.82, 2.24) is 0 Å². The molecular formula is C10H12OS. The molecule has 2 heteroatoms. The number of carbonyl (C=O) groups is 1. The van der Waals surface area contributed by atoms with Crippen LogP contribution in [-0.4, -0.2) is 5.78 Å². The molecule has 0 bridgehead atoms. The summed E-state index contributed by atoms with van der Waals surface area (Å²) in [5, 5.41) is 0. The second-order valence-corrected chi connectivity index (χ2v) is 4.75. The van der Waals surface area contributed by atoms with Crippen molar-refractivity contribution in [2.75, 3.05) is 0 Å². The largest absolute Gasteiger partial charge is 0.300 e. The Morgan fingerprint density at radius 2 is 2.33 bits per heavy atom. The molecule has 1 saturated carbocycles. The van der Waals surface area contributed by atoms with Crippen LogP contribution in [0.25, 0.3) is 0 Å². The first-order valence-electron chi connectivity index (χ1n) is 4.34. The normalized spacial score (nSPS) is 23.4. The zero-order valence-corrected chi connectivity index (χ0v) is 7.99. The van der Waals surface area contributed by atoms with E-state index in [0.717, 1.165) is 19.3 Å². The highest BCUT2D eigenvalue weighted by molar-refractivity contribution is 7.12. The number of carbonyl (C=O) groups excluding carboxylic acids is 1. The number of Topliss-reactive ketones (excluding diaryl/α,β-unsaturated/α-hetero) is 1. The summed E-state index contributed by atoms with van der Waals surface area (Å²) in [7, 11) is 0. The van der Waals surface area contributed by atoms with Crippen molar-refractivity contribution < 1.29 is 4.79 Å². The maximum absolute atomic E-state index is 11.0. The van der Waals surface area contributed by atoms with Gasteiger partial charge in [0.15, 0.2) is 0 Å². The second-order valence-electron chi connectivity index (χ2n) is 3.43. The van der Waals surface area contributed by atoms with Crippen molar-refractivity contribution in [2.45, 2.75) is 32.1 Å². The van der Waals surface area contributed by atoms with Crippen LogP contribution in [-0.2, 0) is 4.79 Å². The fourth-order valence-corrected chi connectivity index (χ4v) is 2.74. The first kappa shape index (κ1) is 7.99. The molecule has 0 radical (unpaired) electrons. The highest BCUT2D eigenvalue weighted by Gasteiger charge is 2.24. The summed E-state index contributed by atoms with van der Waals surface area (Å²) >= 11 is 1.83. The van der Waals surface area contributed by atoms with Crippen molar-refractivity contribution in [1.29, 1.82) is 0 Å². The molecule has 0 N–H and O–H groups in total. The van der Waals surface area contributed by atoms with Crippen LogP contribution in [0.2, 0.25) is 0 Å². The number of ketones is 1. The van der Waals surface area contributed by atoms with E-state index in [1.807, 2.05) is 11.3 Å². The lowest BCUT2D eigenvalue weighted by molar-refractivity contribution is -0.117. The minimum absolute atomic E-state index is 0.436. The molecule has 1 fully saturated rings. The molecule has 1 unspecified atom stereocenters. The Morgan fingerprint density at radius 3 is 2.83 bits per heavy atom. The van der Waals surface area contributed by atoms with Crippen LogP contribution in [0.4, 0.5) is 0 Å². The Bertz CT molecular complexity index is 301. The number of hydrogen-bond acceptors (Lipinski definition) is 2. The fraction of sp³-hybridized carbons (Fsp3) is 0.500. The highest BCUT2D eigenvalue weighted by Crippen LogP contribution is 2.35. The Balaban J connectivity index is 2.15. The minimum Gasteiger partial charge on any atom is -0.300 e. The summed E-state index contributed by atoms with van der Waals surface area (Å²) in [5.74, 6) is 0.974. The van der Waals surface area contributed by atoms with Crippen LogP contribution in [0.1, 0.15) is 34.9 Å². The molecule has 1 aromatic rings. The van der Waals surface area contributed by atoms with Gasteiger partial charge in [-0.15, -0.1) is 11.3 Å². The fourth-order valence-electron chi connectivity index (χ4n) is 1.73. The van der Waals surface area contributed by atoms with E-state index in [2.05, 4.69) is 19.1 Å². The quantitative estimate of drug-likeness (QED) is 0.649. The van der Waals surface area contributed by atoms with Gasteiger partial charge in [0.1, 0.15) is 5.78 Å². The number of aryl methyl sites for hydroxylation is 1. The van der Waals surface area contributed by atoms with Crippen LogP contribution in [0.5, 0.6) is 0 Å². The van der Waals surface area contributed by atoms with Crippen LogP contribution in [0.15, 0.2) is 12.1 Å². The highest BCUT2D eigenvalue weighted by atomic mass is 32.1. The zero-order chi connectivity index (χ0) is 8.55. The maximum atomic E-state index is 11.0. The number of rotatable bonds is 1. The summed E-state index contributed by atoms with van der Waals surface area (Å²) in [6, 6.07) is 4.31. The van der Waals surface area contributed by atoms with Gasteiger partial charge in [-0.2, -0.15) is 0 Å². The van der Waals surface area contributed by atoms with Gasteiger partial charge >= 0.3 is 0 Å². The zero-order valence-electron chi connectivity index (χ0n) is 7.17. The Morgan fingerprint density at radius 1 is 1.50 bits per heavy atom. The van der Waals surface area contributed by atoms with E-state index >= 15 is 0 Å². The van der Waals surface area contributed by atoms with Gasteiger partial charge < -0.3 is 0 Å². The van der Waals surface area contributed by atoms with Crippen LogP contribution >= 0.6 is 11.3 Å². The number of thiophene rings is 1. The van der Waals surface area contributed by atoms with Crippen molar-refractivity contribution in [3.05, 3.63) is 21.9 Å². The predicted molar refractivity (Wildman–Crippen MR) is 50.7 cm³/mol. The van der Waals surface area contributed by atoms with Gasteiger partial charge in [-0.3, -0.25) is 4.79 Å². The van der Waals surface area contributed by atoms with Gasteiger partial charge in [-0.05, 0) is 25.5 Å². The third-order valence-electron chi connectivity index (χ3n) is 2.41. The second kappa shape index (κ2) is 3.02. The first-order valence-corrected chi connectivity index (χ1v) is 5.15. The third-order valence-corrected chi connectivity index (χ3v) is 3.57. The summed E-state index contributed by atoms with van der Waals surface area (Å²) in [5.41, 5.74) is 0. The Hall–Kier alpha value is -0.630. The average molecular weight is 180 g/mol.